The Bertz CT molecular complexity index is 400. The van der Waals surface area contributed by atoms with E-state index < -0.39 is 0 Å². The third kappa shape index (κ3) is 4.52. The normalized spacial score (nSPS) is 10.3. The first-order chi connectivity index (χ1) is 7.09. The van der Waals surface area contributed by atoms with Gasteiger partial charge in [-0.2, -0.15) is 0 Å². The van der Waals surface area contributed by atoms with Gasteiger partial charge in [0.25, 0.3) is 0 Å². The van der Waals surface area contributed by atoms with E-state index in [1.807, 2.05) is 0 Å². The molecule has 0 saturated heterocycles. The first-order valence-corrected chi connectivity index (χ1v) is 5.22. The molecule has 1 rings (SSSR count). The minimum absolute atomic E-state index is 0.107. The summed E-state index contributed by atoms with van der Waals surface area (Å²) in [7, 11) is 0. The number of hydrogen-bond donors (Lipinski definition) is 0. The van der Waals surface area contributed by atoms with Crippen LogP contribution in [-0.4, -0.2) is 5.78 Å². The SMILES string of the molecule is O=C(C=CC=C(Cl)Cl)c1ccc(Cl)cc1. The van der Waals surface area contributed by atoms with E-state index in [0.29, 0.717) is 10.6 Å². The van der Waals surface area contributed by atoms with Crippen LogP contribution in [-0.2, 0) is 0 Å². The Morgan fingerprint density at radius 3 is 2.27 bits per heavy atom. The number of halogens is 3. The molecule has 0 aliphatic heterocycles. The minimum Gasteiger partial charge on any atom is -0.289 e. The lowest BCUT2D eigenvalue weighted by atomic mass is 10.1. The van der Waals surface area contributed by atoms with Crippen molar-refractivity contribution in [2.24, 2.45) is 0 Å². The van der Waals surface area contributed by atoms with Crippen LogP contribution in [0.5, 0.6) is 0 Å². The summed E-state index contributed by atoms with van der Waals surface area (Å²) < 4.78 is 0.107. The second-order valence-electron chi connectivity index (χ2n) is 2.69. The molecular weight excluding hydrogens is 254 g/mol. The molecule has 0 unspecified atom stereocenters. The molecule has 0 bridgehead atoms. The lowest BCUT2D eigenvalue weighted by Crippen LogP contribution is -1.92. The van der Waals surface area contributed by atoms with Crippen molar-refractivity contribution in [2.75, 3.05) is 0 Å². The summed E-state index contributed by atoms with van der Waals surface area (Å²) in [5.74, 6) is -0.127. The van der Waals surface area contributed by atoms with Crippen LogP contribution in [0.1, 0.15) is 10.4 Å². The van der Waals surface area contributed by atoms with E-state index in [9.17, 15) is 4.79 Å². The van der Waals surface area contributed by atoms with Crippen molar-refractivity contribution < 1.29 is 4.79 Å². The molecule has 0 aliphatic rings. The maximum absolute atomic E-state index is 11.5. The monoisotopic (exact) mass is 260 g/mol. The molecule has 0 aliphatic carbocycles. The largest absolute Gasteiger partial charge is 0.289 e. The first kappa shape index (κ1) is 12.3. The van der Waals surface area contributed by atoms with Gasteiger partial charge in [-0.25, -0.2) is 0 Å². The van der Waals surface area contributed by atoms with E-state index in [1.165, 1.54) is 18.2 Å². The Labute approximate surface area is 103 Å². The van der Waals surface area contributed by atoms with E-state index in [-0.39, 0.29) is 10.3 Å². The maximum Gasteiger partial charge on any atom is 0.185 e. The van der Waals surface area contributed by atoms with Gasteiger partial charge in [-0.15, -0.1) is 0 Å². The van der Waals surface area contributed by atoms with Crippen molar-refractivity contribution in [3.8, 4) is 0 Å². The highest BCUT2D eigenvalue weighted by Gasteiger charge is 1.99. The zero-order valence-electron chi connectivity index (χ0n) is 7.58. The number of carbonyl (C=O) groups excluding carboxylic acids is 1. The molecule has 78 valence electrons. The van der Waals surface area contributed by atoms with Gasteiger partial charge < -0.3 is 0 Å². The minimum atomic E-state index is -0.127. The van der Waals surface area contributed by atoms with E-state index in [4.69, 9.17) is 34.8 Å². The molecule has 4 heteroatoms. The van der Waals surface area contributed by atoms with Crippen molar-refractivity contribution in [3.05, 3.63) is 57.6 Å². The van der Waals surface area contributed by atoms with Crippen molar-refractivity contribution in [1.29, 1.82) is 0 Å². The Balaban J connectivity index is 2.74. The lowest BCUT2D eigenvalue weighted by Gasteiger charge is -1.94. The lowest BCUT2D eigenvalue weighted by molar-refractivity contribution is 0.104. The summed E-state index contributed by atoms with van der Waals surface area (Å²) in [4.78, 5) is 11.5. The van der Waals surface area contributed by atoms with Crippen LogP contribution >= 0.6 is 34.8 Å². The predicted molar refractivity (Wildman–Crippen MR) is 64.7 cm³/mol. The van der Waals surface area contributed by atoms with Crippen molar-refractivity contribution in [1.82, 2.24) is 0 Å². The maximum atomic E-state index is 11.5. The topological polar surface area (TPSA) is 17.1 Å². The molecule has 0 heterocycles. The van der Waals surface area contributed by atoms with Crippen LogP contribution in [0, 0.1) is 0 Å². The van der Waals surface area contributed by atoms with Crippen LogP contribution in [0.25, 0.3) is 0 Å². The Morgan fingerprint density at radius 1 is 1.13 bits per heavy atom. The van der Waals surface area contributed by atoms with Gasteiger partial charge in [-0.1, -0.05) is 40.9 Å². The van der Waals surface area contributed by atoms with Gasteiger partial charge in [0.1, 0.15) is 4.49 Å². The van der Waals surface area contributed by atoms with Crippen LogP contribution in [0.4, 0.5) is 0 Å². The molecule has 0 amide bonds. The molecular formula is C11H7Cl3O. The number of benzene rings is 1. The van der Waals surface area contributed by atoms with Crippen molar-refractivity contribution >= 4 is 40.6 Å². The first-order valence-electron chi connectivity index (χ1n) is 4.09. The number of rotatable bonds is 3. The predicted octanol–water partition coefficient (Wildman–Crippen LogP) is 4.40. The molecule has 0 aromatic heterocycles. The third-order valence-corrected chi connectivity index (χ3v) is 2.10. The summed E-state index contributed by atoms with van der Waals surface area (Å²) in [6.07, 6.45) is 4.30. The Kier molecular flexibility index (Phi) is 4.89. The molecule has 0 spiro atoms. The number of carbonyl (C=O) groups is 1. The second kappa shape index (κ2) is 5.96. The molecule has 15 heavy (non-hydrogen) atoms. The second-order valence-corrected chi connectivity index (χ2v) is 4.13. The molecule has 1 aromatic rings. The van der Waals surface area contributed by atoms with Gasteiger partial charge in [0.05, 0.1) is 0 Å². The molecule has 1 nitrogen and oxygen atoms in total. The highest BCUT2D eigenvalue weighted by molar-refractivity contribution is 6.56. The average molecular weight is 262 g/mol. The van der Waals surface area contributed by atoms with Gasteiger partial charge in [-0.3, -0.25) is 4.79 Å². The van der Waals surface area contributed by atoms with Crippen LogP contribution in [0.3, 0.4) is 0 Å². The fraction of sp³-hybridized carbons (Fsp3) is 0. The van der Waals surface area contributed by atoms with Crippen LogP contribution in [0.2, 0.25) is 5.02 Å². The molecule has 0 N–H and O–H groups in total. The molecule has 0 radical (unpaired) electrons. The van der Waals surface area contributed by atoms with E-state index in [0.717, 1.165) is 0 Å². The quantitative estimate of drug-likeness (QED) is 0.448. The Hall–Kier alpha value is -0.760. The molecule has 0 atom stereocenters. The van der Waals surface area contributed by atoms with Crippen LogP contribution in [0.15, 0.2) is 47.0 Å². The van der Waals surface area contributed by atoms with Gasteiger partial charge in [-0.05, 0) is 36.4 Å². The third-order valence-electron chi connectivity index (χ3n) is 1.60. The smallest absolute Gasteiger partial charge is 0.185 e. The van der Waals surface area contributed by atoms with Gasteiger partial charge in [0.15, 0.2) is 5.78 Å². The summed E-state index contributed by atoms with van der Waals surface area (Å²) in [5, 5.41) is 0.597. The van der Waals surface area contributed by atoms with Gasteiger partial charge >= 0.3 is 0 Å². The average Bonchev–Trinajstić information content (AvgIpc) is 2.18. The van der Waals surface area contributed by atoms with Crippen molar-refractivity contribution in [3.63, 3.8) is 0 Å². The zero-order valence-corrected chi connectivity index (χ0v) is 9.85. The standard InChI is InChI=1S/C11H7Cl3O/c12-9-6-4-8(5-7-9)10(15)2-1-3-11(13)14/h1-7H. The fourth-order valence-corrected chi connectivity index (χ4v) is 1.19. The zero-order chi connectivity index (χ0) is 11.3. The molecule has 0 fully saturated rings. The fourth-order valence-electron chi connectivity index (χ4n) is 0.919. The molecule has 0 saturated carbocycles. The van der Waals surface area contributed by atoms with Crippen molar-refractivity contribution in [2.45, 2.75) is 0 Å². The number of ketones is 1. The van der Waals surface area contributed by atoms with E-state index in [2.05, 4.69) is 0 Å². The Morgan fingerprint density at radius 2 is 1.73 bits per heavy atom. The van der Waals surface area contributed by atoms with E-state index in [1.54, 1.807) is 24.3 Å². The summed E-state index contributed by atoms with van der Waals surface area (Å²) >= 11 is 16.4. The number of hydrogen-bond acceptors (Lipinski definition) is 1. The number of allylic oxidation sites excluding steroid dienone is 3. The highest BCUT2D eigenvalue weighted by Crippen LogP contribution is 2.11. The van der Waals surface area contributed by atoms with Crippen LogP contribution < -0.4 is 0 Å². The van der Waals surface area contributed by atoms with Gasteiger partial charge in [0, 0.05) is 10.6 Å². The summed E-state index contributed by atoms with van der Waals surface area (Å²) in [6, 6.07) is 6.63. The highest BCUT2D eigenvalue weighted by atomic mass is 35.5. The van der Waals surface area contributed by atoms with Gasteiger partial charge in [0.2, 0.25) is 0 Å². The summed E-state index contributed by atoms with van der Waals surface area (Å²) in [6.45, 7) is 0. The molecule has 1 aromatic carbocycles. The van der Waals surface area contributed by atoms with E-state index >= 15 is 0 Å². The summed E-state index contributed by atoms with van der Waals surface area (Å²) in [5.41, 5.74) is 0.565.